The van der Waals surface area contributed by atoms with E-state index in [9.17, 15) is 8.42 Å². The topological polar surface area (TPSA) is 113 Å². The monoisotopic (exact) mass is 491 g/mol. The summed E-state index contributed by atoms with van der Waals surface area (Å²) < 4.78 is 31.1. The van der Waals surface area contributed by atoms with Crippen LogP contribution >= 0.6 is 0 Å². The zero-order chi connectivity index (χ0) is 24.2. The normalized spacial score (nSPS) is 12.8. The molecule has 1 aromatic carbocycles. The third-order valence-corrected chi connectivity index (χ3v) is 6.61. The van der Waals surface area contributed by atoms with Crippen molar-refractivity contribution in [2.75, 3.05) is 19.7 Å². The van der Waals surface area contributed by atoms with Crippen molar-refractivity contribution in [1.29, 1.82) is 0 Å². The summed E-state index contributed by atoms with van der Waals surface area (Å²) in [6.45, 7) is 6.24. The number of unbranched alkanes of at least 4 members (excludes halogenated alkanes) is 6. The SMILES string of the molecule is CCCNCCCC(CCCCCCCCCOOOOO)OS(=O)(=O)c1ccc(C)cc1. The summed E-state index contributed by atoms with van der Waals surface area (Å²) in [5.74, 6) is 0. The number of hydrogen-bond donors (Lipinski definition) is 2. The molecule has 10 heteroatoms. The van der Waals surface area contributed by atoms with Gasteiger partial charge in [-0.05, 0) is 79.4 Å². The summed E-state index contributed by atoms with van der Waals surface area (Å²) >= 11 is 0. The third kappa shape index (κ3) is 15.4. The van der Waals surface area contributed by atoms with Gasteiger partial charge < -0.3 is 5.32 Å². The van der Waals surface area contributed by atoms with E-state index in [0.29, 0.717) is 6.61 Å². The predicted molar refractivity (Wildman–Crippen MR) is 124 cm³/mol. The van der Waals surface area contributed by atoms with Crippen LogP contribution in [0.5, 0.6) is 0 Å². The maximum absolute atomic E-state index is 12.7. The van der Waals surface area contributed by atoms with Crippen molar-refractivity contribution in [3.63, 3.8) is 0 Å². The molecule has 0 heterocycles. The van der Waals surface area contributed by atoms with E-state index >= 15 is 0 Å². The van der Waals surface area contributed by atoms with E-state index in [1.165, 1.54) is 0 Å². The fraction of sp³-hybridized carbons (Fsp3) is 0.739. The van der Waals surface area contributed by atoms with Crippen molar-refractivity contribution < 1.29 is 37.9 Å². The minimum Gasteiger partial charge on any atom is -0.317 e. The van der Waals surface area contributed by atoms with Gasteiger partial charge in [0.1, 0.15) is 0 Å². The summed E-state index contributed by atoms with van der Waals surface area (Å²) in [5.41, 5.74) is 1.01. The second-order valence-corrected chi connectivity index (χ2v) is 9.75. The second-order valence-electron chi connectivity index (χ2n) is 8.17. The summed E-state index contributed by atoms with van der Waals surface area (Å²) in [7, 11) is -3.76. The maximum Gasteiger partial charge on any atom is 0.297 e. The van der Waals surface area contributed by atoms with E-state index in [1.807, 2.05) is 6.92 Å². The Bertz CT molecular complexity index is 684. The number of aryl methyl sites for hydroxylation is 1. The Labute approximate surface area is 198 Å². The molecular formula is C23H41NO8S. The molecule has 0 saturated carbocycles. The Morgan fingerprint density at radius 1 is 0.879 bits per heavy atom. The fourth-order valence-electron chi connectivity index (χ4n) is 3.42. The molecule has 0 saturated heterocycles. The average molecular weight is 492 g/mol. The zero-order valence-corrected chi connectivity index (χ0v) is 20.8. The molecule has 9 nitrogen and oxygen atoms in total. The minimum absolute atomic E-state index is 0.215. The molecule has 1 aromatic rings. The van der Waals surface area contributed by atoms with Gasteiger partial charge in [0.05, 0.1) is 17.6 Å². The Morgan fingerprint density at radius 2 is 1.52 bits per heavy atom. The van der Waals surface area contributed by atoms with Crippen LogP contribution in [0.1, 0.15) is 83.1 Å². The van der Waals surface area contributed by atoms with E-state index in [-0.39, 0.29) is 11.0 Å². The van der Waals surface area contributed by atoms with Gasteiger partial charge in [-0.2, -0.15) is 8.42 Å². The van der Waals surface area contributed by atoms with Gasteiger partial charge in [0.2, 0.25) is 0 Å². The fourth-order valence-corrected chi connectivity index (χ4v) is 4.55. The molecule has 0 spiro atoms. The van der Waals surface area contributed by atoms with E-state index in [0.717, 1.165) is 89.3 Å². The van der Waals surface area contributed by atoms with Crippen LogP contribution < -0.4 is 5.32 Å². The van der Waals surface area contributed by atoms with Gasteiger partial charge in [0, 0.05) is 0 Å². The van der Waals surface area contributed by atoms with Gasteiger partial charge in [-0.15, -0.1) is 0 Å². The van der Waals surface area contributed by atoms with E-state index in [4.69, 9.17) is 9.44 Å². The Kier molecular flexibility index (Phi) is 17.4. The van der Waals surface area contributed by atoms with Gasteiger partial charge in [-0.3, -0.25) is 4.18 Å². The lowest BCUT2D eigenvalue weighted by molar-refractivity contribution is -0.702. The molecule has 1 atom stereocenters. The van der Waals surface area contributed by atoms with Gasteiger partial charge in [0.25, 0.3) is 10.1 Å². The van der Waals surface area contributed by atoms with Crippen molar-refractivity contribution in [2.45, 2.75) is 95.5 Å². The van der Waals surface area contributed by atoms with Crippen molar-refractivity contribution in [3.8, 4) is 0 Å². The lowest BCUT2D eigenvalue weighted by Gasteiger charge is -2.18. The maximum atomic E-state index is 12.7. The summed E-state index contributed by atoms with van der Waals surface area (Å²) in [4.78, 5) is 4.82. The summed E-state index contributed by atoms with van der Waals surface area (Å²) in [6, 6.07) is 6.79. The quantitative estimate of drug-likeness (QED) is 0.0971. The highest BCUT2D eigenvalue weighted by molar-refractivity contribution is 7.86. The highest BCUT2D eigenvalue weighted by atomic mass is 32.2. The molecule has 0 aromatic heterocycles. The van der Waals surface area contributed by atoms with Gasteiger partial charge in [-0.25, -0.2) is 10.1 Å². The minimum atomic E-state index is -3.76. The lowest BCUT2D eigenvalue weighted by atomic mass is 10.0. The van der Waals surface area contributed by atoms with Crippen molar-refractivity contribution in [2.24, 2.45) is 0 Å². The molecule has 0 aliphatic rings. The van der Waals surface area contributed by atoms with Crippen molar-refractivity contribution in [3.05, 3.63) is 29.8 Å². The molecule has 192 valence electrons. The van der Waals surface area contributed by atoms with Gasteiger partial charge in [-0.1, -0.05) is 63.1 Å². The highest BCUT2D eigenvalue weighted by Gasteiger charge is 2.21. The Hall–Kier alpha value is -1.11. The molecule has 0 radical (unpaired) electrons. The van der Waals surface area contributed by atoms with Crippen LogP contribution in [0.4, 0.5) is 0 Å². The Morgan fingerprint density at radius 3 is 2.18 bits per heavy atom. The standard InChI is InChI=1S/C23H41NO8S/c1-3-18-24-19-11-13-22(29-33(26,27)23-16-14-21(2)15-17-23)12-9-7-5-4-6-8-10-20-28-31-32-30-25/h14-17,22,24-25H,3-13,18-20H2,1-2H3. The molecule has 0 fully saturated rings. The molecule has 33 heavy (non-hydrogen) atoms. The first-order chi connectivity index (χ1) is 16.0. The lowest BCUT2D eigenvalue weighted by Crippen LogP contribution is -2.22. The first kappa shape index (κ1) is 29.9. The summed E-state index contributed by atoms with van der Waals surface area (Å²) in [6.07, 6.45) is 10.2. The van der Waals surface area contributed by atoms with E-state index in [1.54, 1.807) is 24.3 Å². The molecule has 2 N–H and O–H groups in total. The zero-order valence-electron chi connectivity index (χ0n) is 20.0. The van der Waals surface area contributed by atoms with Crippen LogP contribution in [-0.4, -0.2) is 39.5 Å². The van der Waals surface area contributed by atoms with Crippen LogP contribution in [0.25, 0.3) is 0 Å². The largest absolute Gasteiger partial charge is 0.317 e. The van der Waals surface area contributed by atoms with E-state index in [2.05, 4.69) is 32.2 Å². The molecule has 1 rings (SSSR count). The average Bonchev–Trinajstić information content (AvgIpc) is 2.79. The number of nitrogens with one attached hydrogen (secondary N) is 1. The molecule has 0 bridgehead atoms. The van der Waals surface area contributed by atoms with Crippen LogP contribution in [0.2, 0.25) is 0 Å². The van der Waals surface area contributed by atoms with Gasteiger partial charge >= 0.3 is 0 Å². The number of rotatable bonds is 22. The molecule has 0 aliphatic carbocycles. The number of benzene rings is 1. The molecular weight excluding hydrogens is 450 g/mol. The van der Waals surface area contributed by atoms with Gasteiger partial charge in [0.15, 0.2) is 0 Å². The first-order valence-electron chi connectivity index (χ1n) is 12.0. The number of hydrogen-bond acceptors (Lipinski definition) is 9. The predicted octanol–water partition coefficient (Wildman–Crippen LogP) is 5.25. The van der Waals surface area contributed by atoms with Crippen LogP contribution in [0, 0.1) is 6.92 Å². The molecule has 0 amide bonds. The smallest absolute Gasteiger partial charge is 0.297 e. The van der Waals surface area contributed by atoms with Crippen molar-refractivity contribution >= 4 is 10.1 Å². The van der Waals surface area contributed by atoms with Crippen molar-refractivity contribution in [1.82, 2.24) is 5.32 Å². The third-order valence-electron chi connectivity index (χ3n) is 5.24. The Balaban J connectivity index is 2.32. The van der Waals surface area contributed by atoms with Crippen LogP contribution in [-0.2, 0) is 34.3 Å². The summed E-state index contributed by atoms with van der Waals surface area (Å²) in [5, 5.41) is 22.2. The van der Waals surface area contributed by atoms with E-state index < -0.39 is 10.1 Å². The first-order valence-corrected chi connectivity index (χ1v) is 13.4. The highest BCUT2D eigenvalue weighted by Crippen LogP contribution is 2.21. The molecule has 0 aliphatic heterocycles. The second kappa shape index (κ2) is 19.2. The van der Waals surface area contributed by atoms with Crippen LogP contribution in [0.3, 0.4) is 0 Å². The van der Waals surface area contributed by atoms with Crippen LogP contribution in [0.15, 0.2) is 29.2 Å². The molecule has 1 unspecified atom stereocenters.